The molecule has 2 unspecified atom stereocenters. The smallest absolute Gasteiger partial charge is 0.325 e. The van der Waals surface area contributed by atoms with E-state index in [2.05, 4.69) is 15.5 Å². The number of likely N-dealkylation sites (N-methyl/N-ethyl adjacent to an activating group) is 1. The third kappa shape index (κ3) is 3.11. The minimum Gasteiger partial charge on any atom is -0.412 e. The quantitative estimate of drug-likeness (QED) is 0.689. The molecule has 1 aromatic rings. The Balaban J connectivity index is 0.00000196. The Hall–Kier alpha value is -2.65. The van der Waals surface area contributed by atoms with Gasteiger partial charge >= 0.3 is 6.03 Å². The first-order valence-electron chi connectivity index (χ1n) is 8.57. The molecule has 4 rings (SSSR count). The molecule has 9 nitrogen and oxygen atoms in total. The van der Waals surface area contributed by atoms with Crippen molar-refractivity contribution in [2.24, 2.45) is 4.99 Å². The molecular formula is C17H24N6O3. The number of carbonyl (C=O) groups excluding carboxylic acids is 2. The number of carbonyl (C=O) groups is 2. The number of hydrogen-bond acceptors (Lipinski definition) is 6. The van der Waals surface area contributed by atoms with E-state index in [1.807, 2.05) is 35.2 Å². The molecule has 2 atom stereocenters. The van der Waals surface area contributed by atoms with Gasteiger partial charge in [-0.2, -0.15) is 0 Å². The van der Waals surface area contributed by atoms with Gasteiger partial charge in [0.25, 0.3) is 5.91 Å². The molecule has 9 heteroatoms. The fourth-order valence-electron chi connectivity index (χ4n) is 3.59. The van der Waals surface area contributed by atoms with E-state index in [-0.39, 0.29) is 11.4 Å². The second kappa shape index (κ2) is 7.30. The molecule has 2 fully saturated rings. The minimum absolute atomic E-state index is 0. The van der Waals surface area contributed by atoms with Crippen molar-refractivity contribution in [3.63, 3.8) is 0 Å². The van der Waals surface area contributed by atoms with Crippen molar-refractivity contribution in [1.82, 2.24) is 25.3 Å². The zero-order chi connectivity index (χ0) is 17.4. The van der Waals surface area contributed by atoms with Crippen molar-refractivity contribution in [2.45, 2.75) is 18.8 Å². The molecule has 0 aliphatic carbocycles. The maximum absolute atomic E-state index is 12.6. The largest absolute Gasteiger partial charge is 0.412 e. The van der Waals surface area contributed by atoms with Crippen LogP contribution in [0.4, 0.5) is 4.79 Å². The summed E-state index contributed by atoms with van der Waals surface area (Å²) in [5, 5.41) is 5.77. The maximum atomic E-state index is 12.6. The number of guanidine groups is 1. The molecule has 2 saturated heterocycles. The molecule has 1 aromatic carbocycles. The number of fused-ring (bicyclic) bond motifs is 1. The van der Waals surface area contributed by atoms with E-state index in [1.165, 1.54) is 4.90 Å². The van der Waals surface area contributed by atoms with E-state index in [0.717, 1.165) is 37.7 Å². The molecule has 0 aromatic heterocycles. The van der Waals surface area contributed by atoms with Crippen molar-refractivity contribution in [1.29, 1.82) is 0 Å². The molecule has 0 radical (unpaired) electrons. The lowest BCUT2D eigenvalue weighted by molar-refractivity contribution is -0.127. The summed E-state index contributed by atoms with van der Waals surface area (Å²) in [6, 6.07) is 9.14. The Kier molecular flexibility index (Phi) is 5.10. The monoisotopic (exact) mass is 360 g/mol. The van der Waals surface area contributed by atoms with Gasteiger partial charge in [-0.15, -0.1) is 0 Å². The number of piperazine rings is 1. The first kappa shape index (κ1) is 18.2. The summed E-state index contributed by atoms with van der Waals surface area (Å²) in [7, 11) is 1.68. The van der Waals surface area contributed by atoms with Gasteiger partial charge in [-0.25, -0.2) is 9.79 Å². The number of nitrogens with zero attached hydrogens (tertiary/aromatic N) is 4. The van der Waals surface area contributed by atoms with Crippen molar-refractivity contribution in [3.05, 3.63) is 35.9 Å². The maximum Gasteiger partial charge on any atom is 0.325 e. The number of imide groups is 1. The van der Waals surface area contributed by atoms with Crippen molar-refractivity contribution in [3.8, 4) is 0 Å². The minimum atomic E-state index is -0.493. The standard InChI is InChI=1S/C17H22N6O2.H2O/c1-21-14-13(15(24)20-17(21)25)23(11-12-5-3-2-4-6-12)16(19-14)22-9-7-18-8-10-22;/h2-6,13-14,18H,7-11H2,1H3,(H,20,24,25);1H2. The normalized spacial score (nSPS) is 25.4. The number of hydrogen-bond donors (Lipinski definition) is 2. The molecule has 0 spiro atoms. The van der Waals surface area contributed by atoms with Crippen molar-refractivity contribution >= 4 is 17.9 Å². The van der Waals surface area contributed by atoms with Crippen LogP contribution in [0.5, 0.6) is 0 Å². The molecule has 3 heterocycles. The summed E-state index contributed by atoms with van der Waals surface area (Å²) in [4.78, 5) is 35.1. The molecular weight excluding hydrogens is 336 g/mol. The SMILES string of the molecule is CN1C(=O)NC(=O)C2C1N=C(N1CCNCC1)N2Cc1ccccc1.O. The lowest BCUT2D eigenvalue weighted by Gasteiger charge is -2.38. The van der Waals surface area contributed by atoms with Gasteiger partial charge in [0, 0.05) is 39.8 Å². The molecule has 3 aliphatic rings. The van der Waals surface area contributed by atoms with Gasteiger partial charge in [0.1, 0.15) is 0 Å². The van der Waals surface area contributed by atoms with Gasteiger partial charge in [0.2, 0.25) is 0 Å². The highest BCUT2D eigenvalue weighted by Gasteiger charge is 2.49. The van der Waals surface area contributed by atoms with Gasteiger partial charge in [-0.3, -0.25) is 10.1 Å². The van der Waals surface area contributed by atoms with Crippen LogP contribution in [0.1, 0.15) is 5.56 Å². The number of rotatable bonds is 2. The van der Waals surface area contributed by atoms with Crippen LogP contribution in [0.2, 0.25) is 0 Å². The van der Waals surface area contributed by atoms with E-state index < -0.39 is 18.2 Å². The summed E-state index contributed by atoms with van der Waals surface area (Å²) in [5.41, 5.74) is 1.11. The summed E-state index contributed by atoms with van der Waals surface area (Å²) in [6.07, 6.45) is -0.477. The van der Waals surface area contributed by atoms with Crippen LogP contribution in [0.25, 0.3) is 0 Å². The highest BCUT2D eigenvalue weighted by molar-refractivity contribution is 6.03. The second-order valence-corrected chi connectivity index (χ2v) is 6.54. The topological polar surface area (TPSA) is 112 Å². The Morgan fingerprint density at radius 1 is 1.15 bits per heavy atom. The summed E-state index contributed by atoms with van der Waals surface area (Å²) < 4.78 is 0. The zero-order valence-electron chi connectivity index (χ0n) is 14.7. The highest BCUT2D eigenvalue weighted by Crippen LogP contribution is 2.27. The fourth-order valence-corrected chi connectivity index (χ4v) is 3.59. The Labute approximate surface area is 152 Å². The Morgan fingerprint density at radius 2 is 1.85 bits per heavy atom. The molecule has 26 heavy (non-hydrogen) atoms. The van der Waals surface area contributed by atoms with Crippen molar-refractivity contribution in [2.75, 3.05) is 33.2 Å². The van der Waals surface area contributed by atoms with Gasteiger partial charge in [-0.05, 0) is 5.56 Å². The molecule has 0 saturated carbocycles. The van der Waals surface area contributed by atoms with Gasteiger partial charge in [0.05, 0.1) is 0 Å². The molecule has 140 valence electrons. The number of aliphatic imine (C=N–C) groups is 1. The Bertz CT molecular complexity index is 704. The highest BCUT2D eigenvalue weighted by atomic mass is 16.2. The van der Waals surface area contributed by atoms with Crippen molar-refractivity contribution < 1.29 is 15.1 Å². The molecule has 3 amide bonds. The first-order chi connectivity index (χ1) is 12.1. The van der Waals surface area contributed by atoms with Gasteiger partial charge in [0.15, 0.2) is 18.2 Å². The van der Waals surface area contributed by atoms with Crippen LogP contribution < -0.4 is 10.6 Å². The molecule has 0 bridgehead atoms. The molecule has 4 N–H and O–H groups in total. The lowest BCUT2D eigenvalue weighted by atomic mass is 10.1. The van der Waals surface area contributed by atoms with Crippen LogP contribution in [0, 0.1) is 0 Å². The Morgan fingerprint density at radius 3 is 2.54 bits per heavy atom. The van der Waals surface area contributed by atoms with E-state index in [1.54, 1.807) is 7.05 Å². The van der Waals surface area contributed by atoms with E-state index >= 15 is 0 Å². The third-order valence-electron chi connectivity index (χ3n) is 4.93. The van der Waals surface area contributed by atoms with Crippen LogP contribution in [0.3, 0.4) is 0 Å². The van der Waals surface area contributed by atoms with Crippen LogP contribution >= 0.6 is 0 Å². The number of benzene rings is 1. The van der Waals surface area contributed by atoms with E-state index in [9.17, 15) is 9.59 Å². The lowest BCUT2D eigenvalue weighted by Crippen LogP contribution is -2.64. The average Bonchev–Trinajstić information content (AvgIpc) is 3.01. The number of nitrogens with one attached hydrogen (secondary N) is 2. The van der Waals surface area contributed by atoms with Crippen LogP contribution in [0.15, 0.2) is 35.3 Å². The average molecular weight is 360 g/mol. The van der Waals surface area contributed by atoms with Gasteiger partial charge in [-0.1, -0.05) is 30.3 Å². The number of urea groups is 1. The summed E-state index contributed by atoms with van der Waals surface area (Å²) in [6.45, 7) is 4.02. The van der Waals surface area contributed by atoms with E-state index in [0.29, 0.717) is 6.54 Å². The summed E-state index contributed by atoms with van der Waals surface area (Å²) in [5.74, 6) is 0.523. The predicted molar refractivity (Wildman–Crippen MR) is 96.4 cm³/mol. The van der Waals surface area contributed by atoms with Crippen LogP contribution in [-0.4, -0.2) is 83.5 Å². The zero-order valence-corrected chi connectivity index (χ0v) is 14.7. The van der Waals surface area contributed by atoms with Crippen LogP contribution in [-0.2, 0) is 11.3 Å². The molecule has 3 aliphatic heterocycles. The van der Waals surface area contributed by atoms with Gasteiger partial charge < -0.3 is 25.5 Å². The predicted octanol–water partition coefficient (Wildman–Crippen LogP) is -1.18. The fraction of sp³-hybridized carbons (Fsp3) is 0.471. The number of amides is 3. The second-order valence-electron chi connectivity index (χ2n) is 6.54. The summed E-state index contributed by atoms with van der Waals surface area (Å²) >= 11 is 0. The third-order valence-corrected chi connectivity index (χ3v) is 4.93. The first-order valence-corrected chi connectivity index (χ1v) is 8.57. The van der Waals surface area contributed by atoms with E-state index in [4.69, 9.17) is 4.99 Å².